The van der Waals surface area contributed by atoms with Crippen LogP contribution in [0.3, 0.4) is 0 Å². The molecule has 1 aromatic heterocycles. The number of rotatable bonds is 2. The van der Waals surface area contributed by atoms with Crippen LogP contribution in [0.5, 0.6) is 11.5 Å². The second kappa shape index (κ2) is 4.55. The van der Waals surface area contributed by atoms with Crippen molar-refractivity contribution in [1.82, 2.24) is 4.57 Å². The molecule has 20 heavy (non-hydrogen) atoms. The molecule has 1 aromatic carbocycles. The Labute approximate surface area is 109 Å². The number of fused-ring (bicyclic) bond motifs is 1. The summed E-state index contributed by atoms with van der Waals surface area (Å²) < 4.78 is 41.2. The molecule has 0 aliphatic heterocycles. The second-order valence-electron chi connectivity index (χ2n) is 3.97. The fourth-order valence-electron chi connectivity index (χ4n) is 1.84. The van der Waals surface area contributed by atoms with E-state index in [1.54, 1.807) is 0 Å². The maximum Gasteiger partial charge on any atom is 0.573 e. The number of aryl methyl sites for hydroxylation is 1. The van der Waals surface area contributed by atoms with E-state index in [0.29, 0.717) is 0 Å². The summed E-state index contributed by atoms with van der Waals surface area (Å²) in [5.41, 5.74) is -1.09. The number of carbonyl (C=O) groups excluding carboxylic acids is 1. The van der Waals surface area contributed by atoms with E-state index in [4.69, 9.17) is 0 Å². The van der Waals surface area contributed by atoms with Crippen molar-refractivity contribution in [3.05, 3.63) is 34.1 Å². The topological polar surface area (TPSA) is 68.5 Å². The van der Waals surface area contributed by atoms with Crippen LogP contribution in [0, 0.1) is 0 Å². The summed E-state index contributed by atoms with van der Waals surface area (Å²) in [6, 6.07) is 3.10. The number of benzene rings is 1. The Bertz CT molecular complexity index is 749. The average Bonchev–Trinajstić information content (AvgIpc) is 2.35. The quantitative estimate of drug-likeness (QED) is 0.857. The molecule has 106 valence electrons. The average molecular weight is 287 g/mol. The molecular formula is C12H8F3NO4. The fraction of sp³-hybridized carbons (Fsp3) is 0.167. The third kappa shape index (κ3) is 2.31. The van der Waals surface area contributed by atoms with Gasteiger partial charge in [0.05, 0.1) is 5.52 Å². The lowest BCUT2D eigenvalue weighted by Gasteiger charge is -2.12. The third-order valence-corrected chi connectivity index (χ3v) is 2.73. The monoisotopic (exact) mass is 287 g/mol. The van der Waals surface area contributed by atoms with Gasteiger partial charge in [0.25, 0.3) is 5.56 Å². The summed E-state index contributed by atoms with van der Waals surface area (Å²) in [6.07, 6.45) is -4.73. The number of hydrogen-bond donors (Lipinski definition) is 1. The highest BCUT2D eigenvalue weighted by Gasteiger charge is 2.31. The SMILES string of the molecule is Cn1c(=O)c(C=O)c(O)c2cc(OC(F)(F)F)ccc21. The van der Waals surface area contributed by atoms with E-state index in [2.05, 4.69) is 4.74 Å². The maximum absolute atomic E-state index is 12.1. The van der Waals surface area contributed by atoms with Crippen LogP contribution in [0.4, 0.5) is 13.2 Å². The Morgan fingerprint density at radius 3 is 2.55 bits per heavy atom. The van der Waals surface area contributed by atoms with Gasteiger partial charge in [0.1, 0.15) is 17.1 Å². The highest BCUT2D eigenvalue weighted by atomic mass is 19.4. The minimum absolute atomic E-state index is 0.0871. The van der Waals surface area contributed by atoms with Gasteiger partial charge in [-0.3, -0.25) is 9.59 Å². The molecule has 0 unspecified atom stereocenters. The minimum atomic E-state index is -4.88. The summed E-state index contributed by atoms with van der Waals surface area (Å²) >= 11 is 0. The molecule has 1 N–H and O–H groups in total. The van der Waals surface area contributed by atoms with Crippen LogP contribution in [0.25, 0.3) is 10.9 Å². The van der Waals surface area contributed by atoms with E-state index in [-0.39, 0.29) is 17.2 Å². The van der Waals surface area contributed by atoms with Crippen molar-refractivity contribution in [2.75, 3.05) is 0 Å². The van der Waals surface area contributed by atoms with E-state index in [9.17, 15) is 27.9 Å². The van der Waals surface area contributed by atoms with Crippen LogP contribution in [-0.2, 0) is 7.05 Å². The highest BCUT2D eigenvalue weighted by Crippen LogP contribution is 2.31. The Balaban J connectivity index is 2.75. The number of halogens is 3. The van der Waals surface area contributed by atoms with Crippen LogP contribution in [-0.4, -0.2) is 22.3 Å². The summed E-state index contributed by atoms with van der Waals surface area (Å²) in [5.74, 6) is -1.23. The van der Waals surface area contributed by atoms with E-state index in [1.807, 2.05) is 0 Å². The Morgan fingerprint density at radius 2 is 2.00 bits per heavy atom. The van der Waals surface area contributed by atoms with Crippen molar-refractivity contribution >= 4 is 17.2 Å². The van der Waals surface area contributed by atoms with Gasteiger partial charge in [-0.25, -0.2) is 0 Å². The van der Waals surface area contributed by atoms with Gasteiger partial charge in [0.2, 0.25) is 0 Å². The van der Waals surface area contributed by atoms with Crippen LogP contribution in [0.1, 0.15) is 10.4 Å². The zero-order chi connectivity index (χ0) is 15.1. The number of alkyl halides is 3. The fourth-order valence-corrected chi connectivity index (χ4v) is 1.84. The lowest BCUT2D eigenvalue weighted by molar-refractivity contribution is -0.274. The maximum atomic E-state index is 12.1. The zero-order valence-corrected chi connectivity index (χ0v) is 10.1. The number of nitrogens with zero attached hydrogens (tertiary/aromatic N) is 1. The molecule has 0 fully saturated rings. The van der Waals surface area contributed by atoms with Crippen molar-refractivity contribution < 1.29 is 27.8 Å². The molecule has 0 atom stereocenters. The first-order valence-electron chi connectivity index (χ1n) is 5.31. The van der Waals surface area contributed by atoms with Crippen LogP contribution in [0.2, 0.25) is 0 Å². The largest absolute Gasteiger partial charge is 0.573 e. The third-order valence-electron chi connectivity index (χ3n) is 2.73. The molecule has 8 heteroatoms. The van der Waals surface area contributed by atoms with Gasteiger partial charge >= 0.3 is 6.36 Å². The molecule has 0 saturated heterocycles. The van der Waals surface area contributed by atoms with Crippen molar-refractivity contribution in [1.29, 1.82) is 0 Å². The van der Waals surface area contributed by atoms with Crippen molar-refractivity contribution in [2.45, 2.75) is 6.36 Å². The van der Waals surface area contributed by atoms with Gasteiger partial charge in [0.15, 0.2) is 6.29 Å². The van der Waals surface area contributed by atoms with Crippen molar-refractivity contribution in [3.63, 3.8) is 0 Å². The molecule has 5 nitrogen and oxygen atoms in total. The number of aldehydes is 1. The normalized spacial score (nSPS) is 11.6. The van der Waals surface area contributed by atoms with Gasteiger partial charge < -0.3 is 14.4 Å². The molecule has 1 heterocycles. The number of pyridine rings is 1. The number of aromatic hydroxyl groups is 1. The minimum Gasteiger partial charge on any atom is -0.506 e. The van der Waals surface area contributed by atoms with E-state index in [0.717, 1.165) is 16.7 Å². The lowest BCUT2D eigenvalue weighted by Crippen LogP contribution is -2.21. The van der Waals surface area contributed by atoms with Crippen LogP contribution in [0.15, 0.2) is 23.0 Å². The predicted molar refractivity (Wildman–Crippen MR) is 62.9 cm³/mol. The smallest absolute Gasteiger partial charge is 0.506 e. The molecule has 2 aromatic rings. The zero-order valence-electron chi connectivity index (χ0n) is 10.1. The number of carbonyl (C=O) groups is 1. The standard InChI is InChI=1S/C12H8F3NO4/c1-16-9-3-2-6(20-12(13,14)15)4-7(9)10(18)8(5-17)11(16)19/h2-5,18H,1H3. The molecule has 0 saturated carbocycles. The molecule has 0 radical (unpaired) electrons. The summed E-state index contributed by atoms with van der Waals surface area (Å²) in [4.78, 5) is 22.5. The van der Waals surface area contributed by atoms with Gasteiger partial charge in [-0.1, -0.05) is 0 Å². The summed E-state index contributed by atoms with van der Waals surface area (Å²) in [5, 5.41) is 9.71. The lowest BCUT2D eigenvalue weighted by atomic mass is 10.1. The molecule has 2 rings (SSSR count). The van der Waals surface area contributed by atoms with Gasteiger partial charge in [-0.15, -0.1) is 13.2 Å². The van der Waals surface area contributed by atoms with Crippen molar-refractivity contribution in [3.8, 4) is 11.5 Å². The Hall–Kier alpha value is -2.51. The van der Waals surface area contributed by atoms with E-state index >= 15 is 0 Å². The Morgan fingerprint density at radius 1 is 1.35 bits per heavy atom. The molecule has 0 aliphatic carbocycles. The van der Waals surface area contributed by atoms with Crippen LogP contribution >= 0.6 is 0 Å². The highest BCUT2D eigenvalue weighted by molar-refractivity contribution is 5.94. The van der Waals surface area contributed by atoms with Gasteiger partial charge in [0, 0.05) is 12.4 Å². The second-order valence-corrected chi connectivity index (χ2v) is 3.97. The Kier molecular flexibility index (Phi) is 3.16. The summed E-state index contributed by atoms with van der Waals surface area (Å²) in [6.45, 7) is 0. The first kappa shape index (κ1) is 13.9. The molecule has 0 amide bonds. The molecule has 0 spiro atoms. The molecular weight excluding hydrogens is 279 g/mol. The van der Waals surface area contributed by atoms with E-state index < -0.39 is 29.0 Å². The van der Waals surface area contributed by atoms with E-state index in [1.165, 1.54) is 13.1 Å². The molecule has 0 aliphatic rings. The molecule has 0 bridgehead atoms. The van der Waals surface area contributed by atoms with Crippen molar-refractivity contribution in [2.24, 2.45) is 7.05 Å². The number of hydrogen-bond acceptors (Lipinski definition) is 4. The number of aromatic nitrogens is 1. The first-order valence-corrected chi connectivity index (χ1v) is 5.31. The van der Waals surface area contributed by atoms with Gasteiger partial charge in [-0.05, 0) is 18.2 Å². The van der Waals surface area contributed by atoms with Crippen LogP contribution < -0.4 is 10.3 Å². The first-order chi connectivity index (χ1) is 9.24. The number of ether oxygens (including phenoxy) is 1. The summed E-state index contributed by atoms with van der Waals surface area (Å²) in [7, 11) is 1.33. The predicted octanol–water partition coefficient (Wildman–Crippen LogP) is 1.96. The van der Waals surface area contributed by atoms with Gasteiger partial charge in [-0.2, -0.15) is 0 Å².